The van der Waals surface area contributed by atoms with E-state index in [4.69, 9.17) is 0 Å². The number of benzene rings is 2. The van der Waals surface area contributed by atoms with Gasteiger partial charge in [-0.3, -0.25) is 14.4 Å². The Morgan fingerprint density at radius 2 is 1.79 bits per heavy atom. The number of carbonyl (C=O) groups excluding carboxylic acids is 3. The topological polar surface area (TPSA) is 82.1 Å². The molecule has 148 valence electrons. The van der Waals surface area contributed by atoms with Gasteiger partial charge in [-0.1, -0.05) is 48.0 Å². The first-order valence-corrected chi connectivity index (χ1v) is 9.97. The predicted octanol–water partition coefficient (Wildman–Crippen LogP) is 2.70. The van der Waals surface area contributed by atoms with E-state index < -0.39 is 4.87 Å². The fourth-order valence-electron chi connectivity index (χ4n) is 3.60. The van der Waals surface area contributed by atoms with Crippen LogP contribution in [-0.4, -0.2) is 27.9 Å². The van der Waals surface area contributed by atoms with E-state index in [2.05, 4.69) is 10.4 Å². The average Bonchev–Trinajstić information content (AvgIpc) is 3.16. The number of aryl methyl sites for hydroxylation is 1. The lowest BCUT2D eigenvalue weighted by atomic mass is 10.1. The summed E-state index contributed by atoms with van der Waals surface area (Å²) in [5, 5.41) is 8.27. The minimum atomic E-state index is -1.36. The van der Waals surface area contributed by atoms with Crippen molar-refractivity contribution in [3.8, 4) is 0 Å². The van der Waals surface area contributed by atoms with Gasteiger partial charge in [0.15, 0.2) is 5.17 Å². The first kappa shape index (κ1) is 19.2. The van der Waals surface area contributed by atoms with Crippen molar-refractivity contribution in [2.45, 2.75) is 32.2 Å². The second-order valence-corrected chi connectivity index (χ2v) is 8.24. The summed E-state index contributed by atoms with van der Waals surface area (Å²) < 4.78 is 0. The smallest absolute Gasteiger partial charge is 0.271 e. The van der Waals surface area contributed by atoms with E-state index in [0.717, 1.165) is 28.6 Å². The van der Waals surface area contributed by atoms with Crippen LogP contribution in [0.2, 0.25) is 0 Å². The molecule has 1 atom stereocenters. The van der Waals surface area contributed by atoms with Crippen LogP contribution in [0.4, 0.5) is 5.69 Å². The molecule has 0 fully saturated rings. The highest BCUT2D eigenvalue weighted by Gasteiger charge is 2.61. The molecule has 7 nitrogen and oxygen atoms in total. The number of hydrogen-bond acceptors (Lipinski definition) is 5. The summed E-state index contributed by atoms with van der Waals surface area (Å²) in [5.74, 6) is -0.950. The van der Waals surface area contributed by atoms with E-state index in [1.54, 1.807) is 4.90 Å². The minimum Gasteiger partial charge on any atom is -0.304 e. The number of fused-ring (bicyclic) bond motifs is 2. The van der Waals surface area contributed by atoms with Crippen LogP contribution < -0.4 is 10.2 Å². The van der Waals surface area contributed by atoms with Gasteiger partial charge in [-0.05, 0) is 30.3 Å². The SMILES string of the molecule is CC(=O)NC1=NN(C(C)=O)[C@@]2(S1)C(=O)N(Cc1ccc(C)cc1)c1ccccc12. The molecule has 0 unspecified atom stereocenters. The molecule has 3 amide bonds. The molecule has 0 aliphatic carbocycles. The Kier molecular flexibility index (Phi) is 4.66. The third kappa shape index (κ3) is 3.09. The van der Waals surface area contributed by atoms with E-state index >= 15 is 0 Å². The maximum absolute atomic E-state index is 13.7. The van der Waals surface area contributed by atoms with E-state index in [-0.39, 0.29) is 22.9 Å². The fourth-order valence-corrected chi connectivity index (χ4v) is 4.93. The molecule has 2 aromatic carbocycles. The largest absolute Gasteiger partial charge is 0.304 e. The Morgan fingerprint density at radius 3 is 2.45 bits per heavy atom. The first-order valence-electron chi connectivity index (χ1n) is 9.16. The second kappa shape index (κ2) is 7.04. The molecule has 0 saturated carbocycles. The second-order valence-electron chi connectivity index (χ2n) is 7.06. The van der Waals surface area contributed by atoms with Crippen molar-refractivity contribution in [3.63, 3.8) is 0 Å². The van der Waals surface area contributed by atoms with Gasteiger partial charge in [-0.15, -0.1) is 5.10 Å². The van der Waals surface area contributed by atoms with Crippen molar-refractivity contribution in [1.82, 2.24) is 10.3 Å². The average molecular weight is 408 g/mol. The van der Waals surface area contributed by atoms with E-state index in [1.807, 2.05) is 55.5 Å². The summed E-state index contributed by atoms with van der Waals surface area (Å²) in [6.07, 6.45) is 0. The third-order valence-electron chi connectivity index (χ3n) is 4.87. The molecule has 0 aromatic heterocycles. The molecule has 2 aromatic rings. The van der Waals surface area contributed by atoms with Crippen molar-refractivity contribution < 1.29 is 14.4 Å². The van der Waals surface area contributed by atoms with E-state index in [0.29, 0.717) is 12.1 Å². The standard InChI is InChI=1S/C21H20N4O3S/c1-13-8-10-16(11-9-13)12-24-18-7-5-4-6-17(18)21(19(24)28)25(15(3)27)23-20(29-21)22-14(2)26/h4-11H,12H2,1-3H3,(H,22,23,26)/t21-/m0/s1. The van der Waals surface area contributed by atoms with Crippen molar-refractivity contribution >= 4 is 40.3 Å². The molecule has 0 bridgehead atoms. The number of amidine groups is 1. The highest BCUT2D eigenvalue weighted by molar-refractivity contribution is 8.15. The van der Waals surface area contributed by atoms with Crippen molar-refractivity contribution in [2.24, 2.45) is 5.10 Å². The van der Waals surface area contributed by atoms with Crippen LogP contribution in [0.1, 0.15) is 30.5 Å². The number of anilines is 1. The minimum absolute atomic E-state index is 0.230. The molecule has 1 N–H and O–H groups in total. The van der Waals surface area contributed by atoms with Gasteiger partial charge < -0.3 is 10.2 Å². The van der Waals surface area contributed by atoms with Gasteiger partial charge in [0.05, 0.1) is 12.2 Å². The number of nitrogens with zero attached hydrogens (tertiary/aromatic N) is 3. The highest BCUT2D eigenvalue weighted by Crippen LogP contribution is 2.54. The number of hydrazone groups is 1. The molecule has 1 spiro atoms. The summed E-state index contributed by atoms with van der Waals surface area (Å²) in [5.41, 5.74) is 3.54. The summed E-state index contributed by atoms with van der Waals surface area (Å²) in [7, 11) is 0. The highest BCUT2D eigenvalue weighted by atomic mass is 32.2. The summed E-state index contributed by atoms with van der Waals surface area (Å²) in [6.45, 7) is 5.11. The number of rotatable bonds is 2. The van der Waals surface area contributed by atoms with Gasteiger partial charge in [-0.25, -0.2) is 0 Å². The number of amides is 3. The summed E-state index contributed by atoms with van der Waals surface area (Å²) in [4.78, 5) is 38.0. The molecular formula is C21H20N4O3S. The van der Waals surface area contributed by atoms with E-state index in [9.17, 15) is 14.4 Å². The summed E-state index contributed by atoms with van der Waals surface area (Å²) in [6, 6.07) is 15.4. The fraction of sp³-hybridized carbons (Fsp3) is 0.238. The van der Waals surface area contributed by atoms with Crippen molar-refractivity contribution in [2.75, 3.05) is 4.90 Å². The number of para-hydroxylation sites is 1. The van der Waals surface area contributed by atoms with Crippen LogP contribution in [0, 0.1) is 6.92 Å². The maximum Gasteiger partial charge on any atom is 0.271 e. The molecule has 2 aliphatic rings. The quantitative estimate of drug-likeness (QED) is 0.828. The number of nitrogens with one attached hydrogen (secondary N) is 1. The number of carbonyl (C=O) groups is 3. The van der Waals surface area contributed by atoms with Gasteiger partial charge in [0, 0.05) is 19.4 Å². The van der Waals surface area contributed by atoms with Crippen LogP contribution >= 0.6 is 11.8 Å². The van der Waals surface area contributed by atoms with Gasteiger partial charge in [0.1, 0.15) is 0 Å². The third-order valence-corrected chi connectivity index (χ3v) is 6.11. The molecule has 8 heteroatoms. The van der Waals surface area contributed by atoms with Gasteiger partial charge >= 0.3 is 0 Å². The first-order chi connectivity index (χ1) is 13.8. The zero-order chi connectivity index (χ0) is 20.8. The lowest BCUT2D eigenvalue weighted by molar-refractivity contribution is -0.139. The lowest BCUT2D eigenvalue weighted by Crippen LogP contribution is -2.48. The Labute approximate surface area is 172 Å². The zero-order valence-corrected chi connectivity index (χ0v) is 17.1. The maximum atomic E-state index is 13.7. The normalized spacial score (nSPS) is 20.1. The molecule has 2 aliphatic heterocycles. The Hall–Kier alpha value is -3.13. The Morgan fingerprint density at radius 1 is 1.10 bits per heavy atom. The van der Waals surface area contributed by atoms with Gasteiger partial charge in [-0.2, -0.15) is 5.01 Å². The Balaban J connectivity index is 1.78. The number of hydrogen-bond donors (Lipinski definition) is 1. The van der Waals surface area contributed by atoms with E-state index in [1.165, 1.54) is 18.9 Å². The molecule has 0 saturated heterocycles. The predicted molar refractivity (Wildman–Crippen MR) is 112 cm³/mol. The van der Waals surface area contributed by atoms with Gasteiger partial charge in [0.2, 0.25) is 16.7 Å². The van der Waals surface area contributed by atoms with Crippen LogP contribution in [0.25, 0.3) is 0 Å². The summed E-state index contributed by atoms with van der Waals surface area (Å²) >= 11 is 1.08. The Bertz CT molecular complexity index is 1050. The lowest BCUT2D eigenvalue weighted by Gasteiger charge is -2.29. The van der Waals surface area contributed by atoms with Crippen molar-refractivity contribution in [3.05, 3.63) is 65.2 Å². The molecule has 0 radical (unpaired) electrons. The molecule has 29 heavy (non-hydrogen) atoms. The van der Waals surface area contributed by atoms with Crippen LogP contribution in [0.15, 0.2) is 53.6 Å². The molecular weight excluding hydrogens is 388 g/mol. The van der Waals surface area contributed by atoms with Crippen LogP contribution in [0.5, 0.6) is 0 Å². The zero-order valence-electron chi connectivity index (χ0n) is 16.3. The van der Waals surface area contributed by atoms with Gasteiger partial charge in [0.25, 0.3) is 5.91 Å². The van der Waals surface area contributed by atoms with Crippen LogP contribution in [-0.2, 0) is 25.8 Å². The van der Waals surface area contributed by atoms with Crippen LogP contribution in [0.3, 0.4) is 0 Å². The molecule has 2 heterocycles. The number of thioether (sulfide) groups is 1. The monoisotopic (exact) mass is 408 g/mol. The van der Waals surface area contributed by atoms with Crippen molar-refractivity contribution in [1.29, 1.82) is 0 Å². The molecule has 4 rings (SSSR count).